The van der Waals surface area contributed by atoms with Crippen molar-refractivity contribution in [3.05, 3.63) is 71.6 Å². The van der Waals surface area contributed by atoms with Crippen LogP contribution in [0.1, 0.15) is 15.9 Å². The van der Waals surface area contributed by atoms with Crippen LogP contribution in [0.25, 0.3) is 6.08 Å². The molecule has 0 aliphatic heterocycles. The number of benzene rings is 2. The van der Waals surface area contributed by atoms with Crippen LogP contribution in [0.3, 0.4) is 0 Å². The van der Waals surface area contributed by atoms with Crippen molar-refractivity contribution in [2.45, 2.75) is 0 Å². The molecule has 2 aromatic carbocycles. The number of methoxy groups -OCH3 is 1. The summed E-state index contributed by atoms with van der Waals surface area (Å²) in [6.07, 6.45) is 2.67. The Kier molecular flexibility index (Phi) is 5.63. The number of Topliss-reactive ketones (excluding diaryl/α,β-unsaturated/α-hetero) is 1. The Hall–Kier alpha value is -2.95. The van der Waals surface area contributed by atoms with Crippen LogP contribution in [0, 0.1) is 5.82 Å². The van der Waals surface area contributed by atoms with Gasteiger partial charge in [0.2, 0.25) is 0 Å². The van der Waals surface area contributed by atoms with Gasteiger partial charge < -0.3 is 9.47 Å². The van der Waals surface area contributed by atoms with E-state index in [9.17, 15) is 14.0 Å². The molecule has 0 heterocycles. The lowest BCUT2D eigenvalue weighted by molar-refractivity contribution is -0.136. The minimum Gasteiger partial charge on any atom is -0.497 e. The van der Waals surface area contributed by atoms with Crippen molar-refractivity contribution in [1.82, 2.24) is 0 Å². The number of hydrogen-bond donors (Lipinski definition) is 0. The average Bonchev–Trinajstić information content (AvgIpc) is 2.59. The topological polar surface area (TPSA) is 52.6 Å². The lowest BCUT2D eigenvalue weighted by atomic mass is 10.1. The van der Waals surface area contributed by atoms with Crippen molar-refractivity contribution in [2.75, 3.05) is 13.7 Å². The van der Waals surface area contributed by atoms with Crippen LogP contribution in [-0.2, 0) is 9.53 Å². The van der Waals surface area contributed by atoms with E-state index in [0.717, 1.165) is 0 Å². The Bertz CT molecular complexity index is 703. The second kappa shape index (κ2) is 7.89. The predicted octanol–water partition coefficient (Wildman–Crippen LogP) is 3.27. The molecule has 23 heavy (non-hydrogen) atoms. The fourth-order valence-electron chi connectivity index (χ4n) is 1.78. The first-order valence-corrected chi connectivity index (χ1v) is 6.86. The molecule has 0 atom stereocenters. The molecular weight excluding hydrogens is 299 g/mol. The van der Waals surface area contributed by atoms with Crippen LogP contribution < -0.4 is 4.74 Å². The minimum absolute atomic E-state index is 0.309. The van der Waals surface area contributed by atoms with Gasteiger partial charge in [0.05, 0.1) is 7.11 Å². The Balaban J connectivity index is 1.85. The highest BCUT2D eigenvalue weighted by molar-refractivity contribution is 5.99. The quantitative estimate of drug-likeness (QED) is 0.466. The maximum absolute atomic E-state index is 12.7. The summed E-state index contributed by atoms with van der Waals surface area (Å²) < 4.78 is 22.6. The molecule has 0 fully saturated rings. The van der Waals surface area contributed by atoms with Crippen LogP contribution in [0.4, 0.5) is 4.39 Å². The van der Waals surface area contributed by atoms with Crippen LogP contribution in [0.2, 0.25) is 0 Å². The minimum atomic E-state index is -0.642. The first-order valence-electron chi connectivity index (χ1n) is 6.86. The molecule has 2 aromatic rings. The van der Waals surface area contributed by atoms with Crippen molar-refractivity contribution in [3.8, 4) is 5.75 Å². The van der Waals surface area contributed by atoms with Gasteiger partial charge in [-0.15, -0.1) is 0 Å². The number of carbonyl (C=O) groups is 2. The highest BCUT2D eigenvalue weighted by Crippen LogP contribution is 2.12. The summed E-state index contributed by atoms with van der Waals surface area (Å²) in [5.74, 6) is -0.664. The van der Waals surface area contributed by atoms with Crippen LogP contribution in [0.5, 0.6) is 5.75 Å². The molecular formula is C18H15FO4. The SMILES string of the molecule is COc1ccc(C(=O)COC(=O)C=Cc2ccc(F)cc2)cc1. The maximum Gasteiger partial charge on any atom is 0.331 e. The third-order valence-electron chi connectivity index (χ3n) is 3.04. The normalized spacial score (nSPS) is 10.5. The molecule has 0 bridgehead atoms. The van der Waals surface area contributed by atoms with Gasteiger partial charge in [-0.05, 0) is 48.0 Å². The van der Waals surface area contributed by atoms with E-state index < -0.39 is 5.97 Å². The van der Waals surface area contributed by atoms with E-state index in [1.54, 1.807) is 24.3 Å². The molecule has 2 rings (SSSR count). The van der Waals surface area contributed by atoms with E-state index in [1.165, 1.54) is 43.5 Å². The van der Waals surface area contributed by atoms with Gasteiger partial charge in [-0.1, -0.05) is 12.1 Å². The molecule has 0 unspecified atom stereocenters. The summed E-state index contributed by atoms with van der Waals surface area (Å²) in [7, 11) is 1.53. The first-order chi connectivity index (χ1) is 11.1. The van der Waals surface area contributed by atoms with E-state index in [4.69, 9.17) is 9.47 Å². The number of ketones is 1. The van der Waals surface area contributed by atoms with Crippen molar-refractivity contribution in [3.63, 3.8) is 0 Å². The van der Waals surface area contributed by atoms with Gasteiger partial charge in [0.15, 0.2) is 12.4 Å². The number of halogens is 1. The van der Waals surface area contributed by atoms with Gasteiger partial charge in [0.1, 0.15) is 11.6 Å². The Morgan fingerprint density at radius 2 is 1.70 bits per heavy atom. The molecule has 0 saturated carbocycles. The van der Waals surface area contributed by atoms with Crippen LogP contribution in [-0.4, -0.2) is 25.5 Å². The molecule has 0 amide bonds. The summed E-state index contributed by atoms with van der Waals surface area (Å²) in [4.78, 5) is 23.4. The Labute approximate surface area is 133 Å². The number of carbonyl (C=O) groups excluding carboxylic acids is 2. The van der Waals surface area contributed by atoms with Gasteiger partial charge in [0.25, 0.3) is 0 Å². The van der Waals surface area contributed by atoms with Gasteiger partial charge in [0, 0.05) is 11.6 Å². The molecule has 5 heteroatoms. The highest BCUT2D eigenvalue weighted by atomic mass is 19.1. The zero-order valence-corrected chi connectivity index (χ0v) is 12.5. The molecule has 118 valence electrons. The summed E-state index contributed by atoms with van der Waals surface area (Å²) in [5, 5.41) is 0. The highest BCUT2D eigenvalue weighted by Gasteiger charge is 2.08. The van der Waals surface area contributed by atoms with Gasteiger partial charge in [-0.3, -0.25) is 4.79 Å². The van der Waals surface area contributed by atoms with E-state index in [0.29, 0.717) is 16.9 Å². The molecule has 4 nitrogen and oxygen atoms in total. The van der Waals surface area contributed by atoms with Crippen molar-refractivity contribution < 1.29 is 23.5 Å². The number of ether oxygens (including phenoxy) is 2. The van der Waals surface area contributed by atoms with Gasteiger partial charge in [-0.2, -0.15) is 0 Å². The van der Waals surface area contributed by atoms with Crippen molar-refractivity contribution >= 4 is 17.8 Å². The monoisotopic (exact) mass is 314 g/mol. The average molecular weight is 314 g/mol. The van der Waals surface area contributed by atoms with E-state index in [2.05, 4.69) is 0 Å². The van der Waals surface area contributed by atoms with Crippen LogP contribution >= 0.6 is 0 Å². The summed E-state index contributed by atoms with van der Waals surface area (Å²) in [6.45, 7) is -0.348. The zero-order chi connectivity index (χ0) is 16.7. The van der Waals surface area contributed by atoms with Gasteiger partial charge >= 0.3 is 5.97 Å². The van der Waals surface area contributed by atoms with Crippen molar-refractivity contribution in [1.29, 1.82) is 0 Å². The second-order valence-electron chi connectivity index (χ2n) is 4.64. The van der Waals surface area contributed by atoms with Crippen molar-refractivity contribution in [2.24, 2.45) is 0 Å². The largest absolute Gasteiger partial charge is 0.497 e. The standard InChI is InChI=1S/C18H15FO4/c1-22-16-9-5-14(6-10-16)17(20)12-23-18(21)11-4-13-2-7-15(19)8-3-13/h2-11H,12H2,1H3. The Morgan fingerprint density at radius 3 is 2.30 bits per heavy atom. The fourth-order valence-corrected chi connectivity index (χ4v) is 1.78. The number of hydrogen-bond acceptors (Lipinski definition) is 4. The third kappa shape index (κ3) is 5.07. The molecule has 0 spiro atoms. The summed E-state index contributed by atoms with van der Waals surface area (Å²) in [6, 6.07) is 12.2. The lowest BCUT2D eigenvalue weighted by Crippen LogP contribution is -2.12. The number of esters is 1. The molecule has 0 radical (unpaired) electrons. The fraction of sp³-hybridized carbons (Fsp3) is 0.111. The summed E-state index contributed by atoms with van der Waals surface area (Å²) >= 11 is 0. The van der Waals surface area contributed by atoms with E-state index in [-0.39, 0.29) is 18.2 Å². The van der Waals surface area contributed by atoms with Crippen LogP contribution in [0.15, 0.2) is 54.6 Å². The Morgan fingerprint density at radius 1 is 1.04 bits per heavy atom. The second-order valence-corrected chi connectivity index (χ2v) is 4.64. The van der Waals surface area contributed by atoms with E-state index in [1.807, 2.05) is 0 Å². The molecule has 0 aliphatic rings. The lowest BCUT2D eigenvalue weighted by Gasteiger charge is -2.03. The predicted molar refractivity (Wildman–Crippen MR) is 83.7 cm³/mol. The van der Waals surface area contributed by atoms with Gasteiger partial charge in [-0.25, -0.2) is 9.18 Å². The first kappa shape index (κ1) is 16.4. The summed E-state index contributed by atoms with van der Waals surface area (Å²) in [5.41, 5.74) is 1.09. The maximum atomic E-state index is 12.7. The smallest absolute Gasteiger partial charge is 0.331 e. The number of rotatable bonds is 6. The molecule has 0 N–H and O–H groups in total. The third-order valence-corrected chi connectivity index (χ3v) is 3.04. The molecule has 0 aromatic heterocycles. The zero-order valence-electron chi connectivity index (χ0n) is 12.5. The molecule has 0 saturated heterocycles. The van der Waals surface area contributed by atoms with E-state index >= 15 is 0 Å². The molecule has 0 aliphatic carbocycles.